The zero-order valence-corrected chi connectivity index (χ0v) is 10.5. The molecule has 18 heavy (non-hydrogen) atoms. The van der Waals surface area contributed by atoms with Crippen LogP contribution >= 0.6 is 0 Å². The molecule has 0 unspecified atom stereocenters. The van der Waals surface area contributed by atoms with Gasteiger partial charge in [0.1, 0.15) is 5.69 Å². The van der Waals surface area contributed by atoms with Crippen molar-refractivity contribution >= 4 is 17.1 Å². The fraction of sp³-hybridized carbons (Fsp3) is 0.500. The number of benzene rings is 1. The van der Waals surface area contributed by atoms with Crippen molar-refractivity contribution in [2.24, 2.45) is 0 Å². The van der Waals surface area contributed by atoms with Crippen molar-refractivity contribution in [3.8, 4) is 0 Å². The van der Waals surface area contributed by atoms with E-state index in [9.17, 15) is 10.1 Å². The first-order valence-corrected chi connectivity index (χ1v) is 6.13. The summed E-state index contributed by atoms with van der Waals surface area (Å²) >= 11 is 0. The zero-order chi connectivity index (χ0) is 13.1. The summed E-state index contributed by atoms with van der Waals surface area (Å²) in [5.74, 6) is 0. The maximum atomic E-state index is 10.9. The third-order valence-electron chi connectivity index (χ3n) is 3.40. The van der Waals surface area contributed by atoms with Crippen molar-refractivity contribution in [3.05, 3.63) is 28.3 Å². The second-order valence-corrected chi connectivity index (χ2v) is 4.42. The molecule has 2 N–H and O–H groups in total. The van der Waals surface area contributed by atoms with Crippen molar-refractivity contribution in [3.63, 3.8) is 0 Å². The average molecular weight is 250 g/mol. The second-order valence-electron chi connectivity index (χ2n) is 4.42. The van der Waals surface area contributed by atoms with Gasteiger partial charge in [0, 0.05) is 37.9 Å². The van der Waals surface area contributed by atoms with Gasteiger partial charge in [0.05, 0.1) is 4.92 Å². The first kappa shape index (κ1) is 12.6. The van der Waals surface area contributed by atoms with E-state index in [1.54, 1.807) is 12.1 Å². The minimum atomic E-state index is -0.429. The third kappa shape index (κ3) is 2.53. The quantitative estimate of drug-likeness (QED) is 0.497. The number of nitro benzene ring substituents is 1. The van der Waals surface area contributed by atoms with Crippen LogP contribution in [0.25, 0.3) is 0 Å². The molecule has 0 amide bonds. The van der Waals surface area contributed by atoms with Gasteiger partial charge in [0.25, 0.3) is 5.69 Å². The topological polar surface area (TPSA) is 75.6 Å². The van der Waals surface area contributed by atoms with Crippen molar-refractivity contribution in [1.29, 1.82) is 0 Å². The van der Waals surface area contributed by atoms with Crippen LogP contribution in [-0.2, 0) is 0 Å². The fourth-order valence-electron chi connectivity index (χ4n) is 2.21. The molecule has 2 rings (SSSR count). The summed E-state index contributed by atoms with van der Waals surface area (Å²) in [5.41, 5.74) is 6.69. The minimum absolute atomic E-state index is 0.00887. The summed E-state index contributed by atoms with van der Waals surface area (Å²) in [6, 6.07) is 5.03. The summed E-state index contributed by atoms with van der Waals surface area (Å²) in [6.45, 7) is 6.98. The molecule has 0 radical (unpaired) electrons. The molecule has 0 aromatic heterocycles. The number of nitrogen functional groups attached to an aromatic ring is 1. The van der Waals surface area contributed by atoms with E-state index < -0.39 is 4.92 Å². The summed E-state index contributed by atoms with van der Waals surface area (Å²) < 4.78 is 0. The van der Waals surface area contributed by atoms with E-state index in [1.807, 2.05) is 6.07 Å². The van der Waals surface area contributed by atoms with E-state index in [-0.39, 0.29) is 11.4 Å². The summed E-state index contributed by atoms with van der Waals surface area (Å²) in [6.07, 6.45) is 0. The van der Waals surface area contributed by atoms with E-state index in [4.69, 9.17) is 5.73 Å². The predicted molar refractivity (Wildman–Crippen MR) is 71.8 cm³/mol. The highest BCUT2D eigenvalue weighted by atomic mass is 16.6. The Hall–Kier alpha value is -1.82. The Balaban J connectivity index is 2.15. The number of rotatable bonds is 3. The van der Waals surface area contributed by atoms with E-state index >= 15 is 0 Å². The molecule has 0 bridgehead atoms. The van der Waals surface area contributed by atoms with Gasteiger partial charge in [0.2, 0.25) is 0 Å². The highest BCUT2D eigenvalue weighted by molar-refractivity contribution is 5.66. The maximum absolute atomic E-state index is 10.9. The van der Waals surface area contributed by atoms with Gasteiger partial charge in [-0.3, -0.25) is 10.1 Å². The lowest BCUT2D eigenvalue weighted by Gasteiger charge is -2.35. The van der Waals surface area contributed by atoms with Crippen molar-refractivity contribution in [1.82, 2.24) is 4.90 Å². The number of nitrogens with two attached hydrogens (primary N) is 1. The van der Waals surface area contributed by atoms with E-state index in [0.717, 1.165) is 38.4 Å². The lowest BCUT2D eigenvalue weighted by molar-refractivity contribution is -0.383. The first-order chi connectivity index (χ1) is 8.61. The van der Waals surface area contributed by atoms with Crippen LogP contribution in [0.15, 0.2) is 18.2 Å². The van der Waals surface area contributed by atoms with Gasteiger partial charge in [-0.1, -0.05) is 6.92 Å². The van der Waals surface area contributed by atoms with Crippen LogP contribution in [-0.4, -0.2) is 42.5 Å². The summed E-state index contributed by atoms with van der Waals surface area (Å²) in [4.78, 5) is 15.0. The Bertz CT molecular complexity index is 442. The molecule has 0 aliphatic carbocycles. The van der Waals surface area contributed by atoms with Gasteiger partial charge >= 0.3 is 0 Å². The molecule has 1 aromatic carbocycles. The molecule has 0 saturated carbocycles. The standard InChI is InChI=1S/C12H18N4O2/c1-2-14-5-7-15(8-6-14)10-3-4-11(13)12(9-10)16(17)18/h3-4,9H,2,5-8,13H2,1H3. The minimum Gasteiger partial charge on any atom is -0.393 e. The molecule has 1 aliphatic heterocycles. The van der Waals surface area contributed by atoms with Crippen molar-refractivity contribution < 1.29 is 4.92 Å². The number of anilines is 2. The molecule has 98 valence electrons. The summed E-state index contributed by atoms with van der Waals surface area (Å²) in [5, 5.41) is 10.9. The van der Waals surface area contributed by atoms with Crippen LogP contribution in [0.1, 0.15) is 6.92 Å². The van der Waals surface area contributed by atoms with E-state index in [1.165, 1.54) is 0 Å². The van der Waals surface area contributed by atoms with Gasteiger partial charge in [-0.15, -0.1) is 0 Å². The highest BCUT2D eigenvalue weighted by Crippen LogP contribution is 2.27. The zero-order valence-electron chi connectivity index (χ0n) is 10.5. The number of nitrogens with zero attached hydrogens (tertiary/aromatic N) is 3. The van der Waals surface area contributed by atoms with Crippen LogP contribution in [0.2, 0.25) is 0 Å². The molecule has 1 fully saturated rings. The van der Waals surface area contributed by atoms with E-state index in [0.29, 0.717) is 0 Å². The second kappa shape index (κ2) is 5.22. The fourth-order valence-corrected chi connectivity index (χ4v) is 2.21. The van der Waals surface area contributed by atoms with Crippen LogP contribution < -0.4 is 10.6 Å². The summed E-state index contributed by atoms with van der Waals surface area (Å²) in [7, 11) is 0. The average Bonchev–Trinajstić information content (AvgIpc) is 2.39. The number of likely N-dealkylation sites (N-methyl/N-ethyl adjacent to an activating group) is 1. The van der Waals surface area contributed by atoms with Gasteiger partial charge in [-0.25, -0.2) is 0 Å². The molecule has 1 saturated heterocycles. The van der Waals surface area contributed by atoms with Gasteiger partial charge in [0.15, 0.2) is 0 Å². The Labute approximate surface area is 106 Å². The smallest absolute Gasteiger partial charge is 0.294 e. The molecule has 1 aromatic rings. The molecular formula is C12H18N4O2. The normalized spacial score (nSPS) is 16.8. The van der Waals surface area contributed by atoms with Crippen molar-refractivity contribution in [2.75, 3.05) is 43.4 Å². The first-order valence-electron chi connectivity index (χ1n) is 6.13. The molecule has 0 spiro atoms. The van der Waals surface area contributed by atoms with Crippen LogP contribution in [0.3, 0.4) is 0 Å². The molecule has 1 aliphatic rings. The number of nitro groups is 1. The Morgan fingerprint density at radius 1 is 1.33 bits per heavy atom. The number of piperazine rings is 1. The molecule has 6 heteroatoms. The lowest BCUT2D eigenvalue weighted by atomic mass is 10.2. The van der Waals surface area contributed by atoms with Gasteiger partial charge < -0.3 is 15.5 Å². The largest absolute Gasteiger partial charge is 0.393 e. The molecule has 6 nitrogen and oxygen atoms in total. The van der Waals surface area contributed by atoms with Gasteiger partial charge in [-0.2, -0.15) is 0 Å². The third-order valence-corrected chi connectivity index (χ3v) is 3.40. The molecule has 1 heterocycles. The van der Waals surface area contributed by atoms with Gasteiger partial charge in [-0.05, 0) is 18.7 Å². The Morgan fingerprint density at radius 3 is 2.56 bits per heavy atom. The SMILES string of the molecule is CCN1CCN(c2ccc(N)c([N+](=O)[O-])c2)CC1. The van der Waals surface area contributed by atoms with Crippen LogP contribution in [0, 0.1) is 10.1 Å². The Morgan fingerprint density at radius 2 is 2.00 bits per heavy atom. The van der Waals surface area contributed by atoms with Crippen LogP contribution in [0.5, 0.6) is 0 Å². The Kier molecular flexibility index (Phi) is 3.66. The highest BCUT2D eigenvalue weighted by Gasteiger charge is 2.19. The van der Waals surface area contributed by atoms with E-state index in [2.05, 4.69) is 16.7 Å². The number of hydrogen-bond donors (Lipinski definition) is 1. The van der Waals surface area contributed by atoms with Crippen molar-refractivity contribution in [2.45, 2.75) is 6.92 Å². The monoisotopic (exact) mass is 250 g/mol. The lowest BCUT2D eigenvalue weighted by Crippen LogP contribution is -2.46. The molecular weight excluding hydrogens is 232 g/mol. The van der Waals surface area contributed by atoms with Crippen LogP contribution in [0.4, 0.5) is 17.1 Å². The maximum Gasteiger partial charge on any atom is 0.294 e. The predicted octanol–water partition coefficient (Wildman–Crippen LogP) is 1.32. The molecule has 0 atom stereocenters. The number of hydrogen-bond acceptors (Lipinski definition) is 5.